The van der Waals surface area contributed by atoms with E-state index in [0.717, 1.165) is 95.7 Å². The Morgan fingerprint density at radius 3 is 1.98 bits per heavy atom. The lowest BCUT2D eigenvalue weighted by Crippen LogP contribution is -2.06. The van der Waals surface area contributed by atoms with Crippen molar-refractivity contribution in [1.29, 1.82) is 0 Å². The van der Waals surface area contributed by atoms with Crippen LogP contribution in [0.4, 0.5) is 0 Å². The van der Waals surface area contributed by atoms with Crippen LogP contribution in [0.3, 0.4) is 0 Å². The molecule has 0 atom stereocenters. The molecule has 0 saturated heterocycles. The second-order valence-corrected chi connectivity index (χ2v) is 13.6. The average molecular weight is 692 g/mol. The molecule has 5 heteroatoms. The van der Waals surface area contributed by atoms with Crippen LogP contribution in [0.2, 0.25) is 0 Å². The van der Waals surface area contributed by atoms with Crippen molar-refractivity contribution in [1.82, 2.24) is 15.0 Å². The second kappa shape index (κ2) is 12.2. The number of allylic oxidation sites excluding steroid dienone is 1. The maximum absolute atomic E-state index is 6.49. The first-order valence-electron chi connectivity index (χ1n) is 18.2. The smallest absolute Gasteiger partial charge is 0.185 e. The number of hydrogen-bond acceptors (Lipinski definition) is 5. The van der Waals surface area contributed by atoms with Gasteiger partial charge >= 0.3 is 0 Å². The minimum Gasteiger partial charge on any atom is -0.456 e. The summed E-state index contributed by atoms with van der Waals surface area (Å²) in [6, 6.07) is 56.5. The van der Waals surface area contributed by atoms with Crippen LogP contribution in [0.15, 0.2) is 161 Å². The SMILES string of the molecule is c1c(-c2ccccc2)cc2c(c#1)oc1cccc(-c3ccc(-c4nc(C5=CCCc6c5oc5ccccc65)nc(-c5ccccc5)n4)c4ccccc34)c12. The highest BCUT2D eigenvalue weighted by Gasteiger charge is 2.25. The summed E-state index contributed by atoms with van der Waals surface area (Å²) < 4.78 is 12.8. The topological polar surface area (TPSA) is 65.0 Å². The molecule has 1 aliphatic carbocycles. The molecular formula is C49H29N3O2. The third kappa shape index (κ3) is 4.85. The van der Waals surface area contributed by atoms with E-state index in [4.69, 9.17) is 23.8 Å². The van der Waals surface area contributed by atoms with Crippen LogP contribution in [0.1, 0.15) is 23.6 Å². The summed E-state index contributed by atoms with van der Waals surface area (Å²) in [5.74, 6) is 2.66. The molecule has 0 amide bonds. The lowest BCUT2D eigenvalue weighted by atomic mass is 9.92. The Morgan fingerprint density at radius 2 is 1.15 bits per heavy atom. The predicted molar refractivity (Wildman–Crippen MR) is 216 cm³/mol. The second-order valence-electron chi connectivity index (χ2n) is 13.6. The lowest BCUT2D eigenvalue weighted by Gasteiger charge is -2.15. The molecule has 3 heterocycles. The van der Waals surface area contributed by atoms with E-state index in [1.165, 1.54) is 5.56 Å². The molecule has 54 heavy (non-hydrogen) atoms. The maximum Gasteiger partial charge on any atom is 0.185 e. The fourth-order valence-electron chi connectivity index (χ4n) is 7.98. The Kier molecular flexibility index (Phi) is 6.83. The lowest BCUT2D eigenvalue weighted by molar-refractivity contribution is 0.590. The first-order valence-corrected chi connectivity index (χ1v) is 18.2. The third-order valence-corrected chi connectivity index (χ3v) is 10.5. The molecule has 0 fully saturated rings. The Morgan fingerprint density at radius 1 is 0.481 bits per heavy atom. The van der Waals surface area contributed by atoms with Crippen molar-refractivity contribution in [3.63, 3.8) is 0 Å². The monoisotopic (exact) mass is 691 g/mol. The van der Waals surface area contributed by atoms with E-state index in [1.807, 2.05) is 66.7 Å². The van der Waals surface area contributed by atoms with Gasteiger partial charge in [-0.2, -0.15) is 0 Å². The predicted octanol–water partition coefficient (Wildman–Crippen LogP) is 12.3. The number of nitrogens with zero attached hydrogens (tertiary/aromatic N) is 3. The highest BCUT2D eigenvalue weighted by Crippen LogP contribution is 2.43. The molecule has 0 spiro atoms. The molecule has 0 saturated carbocycles. The number of benzene rings is 6. The summed E-state index contributed by atoms with van der Waals surface area (Å²) in [6.07, 6.45) is 3.99. The molecule has 0 radical (unpaired) electrons. The van der Waals surface area contributed by atoms with Crippen molar-refractivity contribution in [3.8, 4) is 45.0 Å². The van der Waals surface area contributed by atoms with Gasteiger partial charge in [0, 0.05) is 38.4 Å². The van der Waals surface area contributed by atoms with Gasteiger partial charge in [0.15, 0.2) is 23.1 Å². The zero-order valence-electron chi connectivity index (χ0n) is 29.0. The Hall–Kier alpha value is -7.29. The molecular weight excluding hydrogens is 663 g/mol. The number of aromatic nitrogens is 3. The highest BCUT2D eigenvalue weighted by molar-refractivity contribution is 6.16. The number of fused-ring (bicyclic) bond motifs is 7. The average Bonchev–Trinajstić information content (AvgIpc) is 3.82. The Balaban J connectivity index is 1.11. The molecule has 11 rings (SSSR count). The van der Waals surface area contributed by atoms with Crippen molar-refractivity contribution >= 4 is 49.3 Å². The van der Waals surface area contributed by atoms with Gasteiger partial charge in [-0.05, 0) is 70.6 Å². The van der Waals surface area contributed by atoms with Crippen LogP contribution in [-0.2, 0) is 6.42 Å². The summed E-state index contributed by atoms with van der Waals surface area (Å²) in [5.41, 5.74) is 10.6. The van der Waals surface area contributed by atoms with Crippen molar-refractivity contribution < 1.29 is 8.83 Å². The van der Waals surface area contributed by atoms with Gasteiger partial charge in [0.2, 0.25) is 0 Å². The Bertz CT molecular complexity index is 3100. The number of hydrogen-bond donors (Lipinski definition) is 0. The summed E-state index contributed by atoms with van der Waals surface area (Å²) >= 11 is 0. The maximum atomic E-state index is 6.49. The number of aryl methyl sites for hydroxylation is 1. The van der Waals surface area contributed by atoms with Gasteiger partial charge in [-0.15, -0.1) is 0 Å². The largest absolute Gasteiger partial charge is 0.456 e. The Labute approximate surface area is 310 Å². The molecule has 7 aromatic carbocycles. The van der Waals surface area contributed by atoms with Gasteiger partial charge in [0.05, 0.1) is 5.57 Å². The van der Waals surface area contributed by atoms with Gasteiger partial charge < -0.3 is 8.83 Å². The van der Waals surface area contributed by atoms with E-state index in [2.05, 4.69) is 97.1 Å². The fourth-order valence-corrected chi connectivity index (χ4v) is 7.98. The third-order valence-electron chi connectivity index (χ3n) is 10.5. The van der Waals surface area contributed by atoms with Gasteiger partial charge in [0.25, 0.3) is 0 Å². The molecule has 5 nitrogen and oxygen atoms in total. The van der Waals surface area contributed by atoms with Crippen molar-refractivity contribution in [3.05, 3.63) is 181 Å². The summed E-state index contributed by atoms with van der Waals surface area (Å²) in [6.45, 7) is 0. The number of rotatable bonds is 5. The van der Waals surface area contributed by atoms with Gasteiger partial charge in [-0.25, -0.2) is 15.0 Å². The van der Waals surface area contributed by atoms with Crippen LogP contribution in [0.25, 0.3) is 94.3 Å². The number of para-hydroxylation sites is 1. The van der Waals surface area contributed by atoms with E-state index in [9.17, 15) is 0 Å². The quantitative estimate of drug-likeness (QED) is 0.180. The van der Waals surface area contributed by atoms with Crippen LogP contribution >= 0.6 is 0 Å². The van der Waals surface area contributed by atoms with Crippen molar-refractivity contribution in [2.45, 2.75) is 12.8 Å². The minimum atomic E-state index is 0.601. The van der Waals surface area contributed by atoms with E-state index in [1.54, 1.807) is 0 Å². The van der Waals surface area contributed by atoms with Crippen molar-refractivity contribution in [2.24, 2.45) is 0 Å². The molecule has 0 bridgehead atoms. The van der Waals surface area contributed by atoms with Crippen molar-refractivity contribution in [2.75, 3.05) is 0 Å². The highest BCUT2D eigenvalue weighted by atomic mass is 16.3. The normalized spacial score (nSPS) is 12.6. The van der Waals surface area contributed by atoms with E-state index in [0.29, 0.717) is 23.1 Å². The molecule has 3 aromatic heterocycles. The summed E-state index contributed by atoms with van der Waals surface area (Å²) in [4.78, 5) is 15.4. The number of furan rings is 2. The fraction of sp³-hybridized carbons (Fsp3) is 0.0408. The zero-order chi connectivity index (χ0) is 35.6. The molecule has 0 aliphatic heterocycles. The molecule has 252 valence electrons. The van der Waals surface area contributed by atoms with Gasteiger partial charge in [-0.1, -0.05) is 133 Å². The van der Waals surface area contributed by atoms with Gasteiger partial charge in [0.1, 0.15) is 16.9 Å². The van der Waals surface area contributed by atoms with Crippen LogP contribution in [0.5, 0.6) is 0 Å². The van der Waals surface area contributed by atoms with Crippen LogP contribution < -0.4 is 0 Å². The first kappa shape index (κ1) is 30.3. The zero-order valence-corrected chi connectivity index (χ0v) is 29.0. The summed E-state index contributed by atoms with van der Waals surface area (Å²) in [5, 5.41) is 5.33. The van der Waals surface area contributed by atoms with Crippen LogP contribution in [0, 0.1) is 12.1 Å². The molecule has 0 N–H and O–H groups in total. The molecule has 0 unspecified atom stereocenters. The minimum absolute atomic E-state index is 0.601. The molecule has 10 aromatic rings. The van der Waals surface area contributed by atoms with Crippen LogP contribution in [-0.4, -0.2) is 15.0 Å². The molecule has 1 aliphatic rings. The standard InChI is InChI=1S/C49H29N3O2/c1-3-13-30(14-4-1)32-25-28-43-41(29-32)45-37(20-12-24-44(45)53-43)35-26-27-39(34-18-8-7-17-33(34)35)48-50-47(31-15-5-2-6-16-31)51-49(52-48)40-22-11-21-38-36-19-9-10-23-42(36)54-46(38)40/h1-10,12-20,22-24,26-27,29H,11,21H2. The van der Waals surface area contributed by atoms with E-state index in [-0.39, 0.29) is 0 Å². The first-order chi connectivity index (χ1) is 26.8. The van der Waals surface area contributed by atoms with Gasteiger partial charge in [-0.3, -0.25) is 0 Å². The summed E-state index contributed by atoms with van der Waals surface area (Å²) in [7, 11) is 0. The van der Waals surface area contributed by atoms with E-state index < -0.39 is 0 Å². The van der Waals surface area contributed by atoms with E-state index >= 15 is 0 Å².